The van der Waals surface area contributed by atoms with Gasteiger partial charge in [0, 0.05) is 18.4 Å². The van der Waals surface area contributed by atoms with Gasteiger partial charge in [-0.15, -0.1) is 0 Å². The third kappa shape index (κ3) is 4.41. The van der Waals surface area contributed by atoms with Crippen molar-refractivity contribution in [3.8, 4) is 0 Å². The van der Waals surface area contributed by atoms with Crippen LogP contribution in [0.25, 0.3) is 0 Å². The van der Waals surface area contributed by atoms with Crippen molar-refractivity contribution in [2.75, 3.05) is 6.54 Å². The molecule has 2 aliphatic carbocycles. The molecule has 3 rings (SSSR count). The Bertz CT molecular complexity index is 626. The number of rotatable bonds is 5. The van der Waals surface area contributed by atoms with Crippen LogP contribution in [0.3, 0.4) is 0 Å². The van der Waals surface area contributed by atoms with E-state index >= 15 is 0 Å². The van der Waals surface area contributed by atoms with E-state index in [1.54, 1.807) is 30.3 Å². The van der Waals surface area contributed by atoms with Gasteiger partial charge in [-0.2, -0.15) is 0 Å². The van der Waals surface area contributed by atoms with Crippen molar-refractivity contribution in [2.45, 2.75) is 37.5 Å². The van der Waals surface area contributed by atoms with Gasteiger partial charge in [-0.05, 0) is 30.7 Å². The minimum absolute atomic E-state index is 0. The first-order chi connectivity index (χ1) is 11.4. The maximum Gasteiger partial charge on any atom is 1.00 e. The Labute approximate surface area is 167 Å². The Hall–Kier alpha value is -0.980. The van der Waals surface area contributed by atoms with Crippen molar-refractivity contribution in [2.24, 2.45) is 17.8 Å². The van der Waals surface area contributed by atoms with Crippen LogP contribution in [0.1, 0.15) is 37.2 Å². The number of amides is 1. The second-order valence-electron chi connectivity index (χ2n) is 6.79. The van der Waals surface area contributed by atoms with Gasteiger partial charge in [-0.3, -0.25) is 4.79 Å². The normalized spacial score (nSPS) is 30.0. The molecular formula is C18H20F2NNaO3. The third-order valence-electron chi connectivity index (χ3n) is 5.24. The van der Waals surface area contributed by atoms with E-state index in [0.717, 1.165) is 0 Å². The van der Waals surface area contributed by atoms with Crippen molar-refractivity contribution < 1.29 is 53.0 Å². The Kier molecular flexibility index (Phi) is 6.62. The molecule has 0 unspecified atom stereocenters. The van der Waals surface area contributed by atoms with Crippen LogP contribution < -0.4 is 40.0 Å². The van der Waals surface area contributed by atoms with Crippen molar-refractivity contribution >= 4 is 11.9 Å². The fraction of sp³-hybridized carbons (Fsp3) is 0.556. The van der Waals surface area contributed by atoms with Crippen LogP contribution in [0.4, 0.5) is 8.78 Å². The molecule has 7 heteroatoms. The summed E-state index contributed by atoms with van der Waals surface area (Å²) in [6, 6.07) is 8.57. The summed E-state index contributed by atoms with van der Waals surface area (Å²) < 4.78 is 27.9. The molecule has 0 radical (unpaired) electrons. The number of carbonyl (C=O) groups excluding carboxylic acids is 2. The molecule has 4 nitrogen and oxygen atoms in total. The van der Waals surface area contributed by atoms with Crippen LogP contribution in [0, 0.1) is 17.8 Å². The molecule has 0 aliphatic heterocycles. The van der Waals surface area contributed by atoms with E-state index in [2.05, 4.69) is 5.32 Å². The Morgan fingerprint density at radius 1 is 1.16 bits per heavy atom. The summed E-state index contributed by atoms with van der Waals surface area (Å²) in [6.07, 6.45) is 1.99. The Morgan fingerprint density at radius 2 is 1.80 bits per heavy atom. The fourth-order valence-electron chi connectivity index (χ4n) is 3.76. The Morgan fingerprint density at radius 3 is 2.44 bits per heavy atom. The fourth-order valence-corrected chi connectivity index (χ4v) is 3.76. The van der Waals surface area contributed by atoms with Gasteiger partial charge in [0.25, 0.3) is 5.92 Å². The molecule has 0 heterocycles. The molecule has 1 N–H and O–H groups in total. The van der Waals surface area contributed by atoms with E-state index in [-0.39, 0.29) is 48.4 Å². The van der Waals surface area contributed by atoms with Gasteiger partial charge in [-0.25, -0.2) is 8.78 Å². The van der Waals surface area contributed by atoms with Gasteiger partial charge < -0.3 is 15.2 Å². The van der Waals surface area contributed by atoms with E-state index in [0.29, 0.717) is 24.8 Å². The minimum Gasteiger partial charge on any atom is -0.550 e. The minimum atomic E-state index is -2.81. The van der Waals surface area contributed by atoms with E-state index in [4.69, 9.17) is 0 Å². The molecule has 4 atom stereocenters. The van der Waals surface area contributed by atoms with Crippen molar-refractivity contribution in [1.82, 2.24) is 5.32 Å². The zero-order valence-electron chi connectivity index (χ0n) is 14.2. The zero-order valence-corrected chi connectivity index (χ0v) is 16.2. The van der Waals surface area contributed by atoms with Crippen molar-refractivity contribution in [1.29, 1.82) is 0 Å². The van der Waals surface area contributed by atoms with Crippen LogP contribution in [0.5, 0.6) is 0 Å². The number of carbonyl (C=O) groups is 2. The number of alkyl halides is 2. The van der Waals surface area contributed by atoms with Gasteiger partial charge in [0.15, 0.2) is 0 Å². The number of aliphatic carboxylic acids is 1. The van der Waals surface area contributed by atoms with Crippen LogP contribution in [0.2, 0.25) is 0 Å². The van der Waals surface area contributed by atoms with Gasteiger partial charge >= 0.3 is 29.6 Å². The second kappa shape index (κ2) is 8.14. The largest absolute Gasteiger partial charge is 1.00 e. The van der Waals surface area contributed by atoms with E-state index in [1.165, 1.54) is 0 Å². The topological polar surface area (TPSA) is 69.2 Å². The van der Waals surface area contributed by atoms with E-state index in [9.17, 15) is 23.5 Å². The number of carboxylic acid groups (broad SMARTS) is 1. The second-order valence-corrected chi connectivity index (χ2v) is 6.79. The molecule has 25 heavy (non-hydrogen) atoms. The molecule has 0 saturated heterocycles. The summed E-state index contributed by atoms with van der Waals surface area (Å²) in [6.45, 7) is -0.0854. The predicted molar refractivity (Wildman–Crippen MR) is 81.1 cm³/mol. The molecule has 0 aromatic heterocycles. The van der Waals surface area contributed by atoms with Crippen LogP contribution >= 0.6 is 0 Å². The first kappa shape index (κ1) is 20.3. The van der Waals surface area contributed by atoms with Crippen molar-refractivity contribution in [3.63, 3.8) is 0 Å². The molecule has 1 aromatic rings. The molecule has 2 fully saturated rings. The maximum absolute atomic E-state index is 14.0. The number of halogens is 2. The summed E-state index contributed by atoms with van der Waals surface area (Å²) in [5, 5.41) is 13.5. The number of benzene rings is 1. The average molecular weight is 359 g/mol. The number of hydrogen-bond acceptors (Lipinski definition) is 3. The molecule has 2 saturated carbocycles. The average Bonchev–Trinajstić information content (AvgIpc) is 3.14. The number of nitrogens with one attached hydrogen (secondary N) is 1. The number of hydrogen-bond donors (Lipinski definition) is 1. The van der Waals surface area contributed by atoms with Crippen LogP contribution in [0.15, 0.2) is 30.3 Å². The summed E-state index contributed by atoms with van der Waals surface area (Å²) in [4.78, 5) is 23.1. The van der Waals surface area contributed by atoms with Crippen molar-refractivity contribution in [3.05, 3.63) is 35.9 Å². The SMILES string of the molecule is O=C([O-])[C@H]1CCC[C@@H](C(=O)NC[C@@H]2[C@@H](c3ccccc3)C2(F)F)C1.[Na+]. The quantitative estimate of drug-likeness (QED) is 0.666. The predicted octanol–water partition coefficient (Wildman–Crippen LogP) is -1.29. The summed E-state index contributed by atoms with van der Waals surface area (Å²) >= 11 is 0. The molecule has 0 bridgehead atoms. The number of carboxylic acids is 1. The van der Waals surface area contributed by atoms with E-state index < -0.39 is 35.6 Å². The smallest absolute Gasteiger partial charge is 0.550 e. The molecule has 1 aromatic carbocycles. The van der Waals surface area contributed by atoms with Gasteiger partial charge in [0.05, 0.1) is 11.8 Å². The van der Waals surface area contributed by atoms with Crippen LogP contribution in [-0.4, -0.2) is 24.3 Å². The molecule has 1 amide bonds. The first-order valence-electron chi connectivity index (χ1n) is 8.32. The summed E-state index contributed by atoms with van der Waals surface area (Å²) in [7, 11) is 0. The standard InChI is InChI=1S/C18H21F2NO3.Na/c19-18(20)14(15(18)11-5-2-1-3-6-11)10-21-16(22)12-7-4-8-13(9-12)17(23)24;/h1-3,5-6,12-15H,4,7-10H2,(H,21,22)(H,23,24);/q;+1/p-1/t12-,13+,14-,15-;/m1./s1. The zero-order chi connectivity index (χ0) is 17.3. The van der Waals surface area contributed by atoms with Crippen LogP contribution in [-0.2, 0) is 9.59 Å². The Balaban J connectivity index is 0.00000225. The molecule has 0 spiro atoms. The summed E-state index contributed by atoms with van der Waals surface area (Å²) in [5.41, 5.74) is 0.580. The monoisotopic (exact) mass is 359 g/mol. The van der Waals surface area contributed by atoms with E-state index in [1.807, 2.05) is 0 Å². The van der Waals surface area contributed by atoms with Gasteiger partial charge in [-0.1, -0.05) is 36.8 Å². The molecule has 130 valence electrons. The third-order valence-corrected chi connectivity index (χ3v) is 5.24. The first-order valence-corrected chi connectivity index (χ1v) is 8.32. The van der Waals surface area contributed by atoms with Gasteiger partial charge in [0.1, 0.15) is 0 Å². The maximum atomic E-state index is 14.0. The van der Waals surface area contributed by atoms with Gasteiger partial charge in [0.2, 0.25) is 5.91 Å². The molecule has 2 aliphatic rings. The summed E-state index contributed by atoms with van der Waals surface area (Å²) in [5.74, 6) is -7.07. The molecular weight excluding hydrogens is 339 g/mol.